The van der Waals surface area contributed by atoms with Gasteiger partial charge in [-0.05, 0) is 0 Å². The Morgan fingerprint density at radius 1 is 1.44 bits per heavy atom. The number of hydrogen-bond acceptors (Lipinski definition) is 3. The van der Waals surface area contributed by atoms with Gasteiger partial charge in [-0.2, -0.15) is 36.2 Å². The molecule has 0 aromatic carbocycles. The van der Waals surface area contributed by atoms with Crippen molar-refractivity contribution in [3.05, 3.63) is 0 Å². The topological polar surface area (TPSA) is 0 Å². The van der Waals surface area contributed by atoms with Crippen LogP contribution < -0.4 is 0 Å². The van der Waals surface area contributed by atoms with E-state index in [4.69, 9.17) is 0 Å². The molecule has 0 nitrogen and oxygen atoms in total. The van der Waals surface area contributed by atoms with E-state index >= 15 is 0 Å². The molecule has 0 N–H and O–H groups in total. The van der Waals surface area contributed by atoms with Crippen molar-refractivity contribution in [1.82, 2.24) is 0 Å². The zero-order valence-electron chi connectivity index (χ0n) is 5.54. The highest BCUT2D eigenvalue weighted by Gasteiger charge is 2.16. The van der Waals surface area contributed by atoms with Crippen LogP contribution in [0.3, 0.4) is 0 Å². The second-order valence-corrected chi connectivity index (χ2v) is 5.45. The molecule has 0 saturated carbocycles. The zero-order valence-corrected chi connectivity index (χ0v) is 8.07. The third kappa shape index (κ3) is 2.64. The fourth-order valence-corrected chi connectivity index (χ4v) is 3.92. The minimum atomic E-state index is 0.814. The third-order valence-electron chi connectivity index (χ3n) is 1.34. The van der Waals surface area contributed by atoms with Crippen molar-refractivity contribution < 1.29 is 0 Å². The molecule has 0 bridgehead atoms. The van der Waals surface area contributed by atoms with Crippen molar-refractivity contribution in [2.24, 2.45) is 0 Å². The summed E-state index contributed by atoms with van der Waals surface area (Å²) in [4.78, 5) is 0. The third-order valence-corrected chi connectivity index (χ3v) is 5.27. The van der Waals surface area contributed by atoms with Gasteiger partial charge in [-0.3, -0.25) is 0 Å². The number of thioether (sulfide) groups is 2. The Morgan fingerprint density at radius 3 is 2.67 bits per heavy atom. The summed E-state index contributed by atoms with van der Waals surface area (Å²) in [5.41, 5.74) is 0. The standard InChI is InChI=1S/C6H12S3/c1-5-3-9-6(2-7)4-8-5/h5-7H,2-4H2,1H3. The van der Waals surface area contributed by atoms with Crippen LogP contribution in [0, 0.1) is 0 Å². The van der Waals surface area contributed by atoms with Gasteiger partial charge in [-0.1, -0.05) is 6.92 Å². The van der Waals surface area contributed by atoms with E-state index in [9.17, 15) is 0 Å². The summed E-state index contributed by atoms with van der Waals surface area (Å²) in [6, 6.07) is 0. The maximum absolute atomic E-state index is 4.26. The van der Waals surface area contributed by atoms with Gasteiger partial charge in [0.05, 0.1) is 0 Å². The molecule has 0 aliphatic carbocycles. The molecule has 1 aliphatic rings. The predicted molar refractivity (Wildman–Crippen MR) is 52.0 cm³/mol. The van der Waals surface area contributed by atoms with E-state index in [0.29, 0.717) is 0 Å². The van der Waals surface area contributed by atoms with E-state index < -0.39 is 0 Å². The van der Waals surface area contributed by atoms with Crippen LogP contribution in [0.4, 0.5) is 0 Å². The van der Waals surface area contributed by atoms with Gasteiger partial charge in [0.15, 0.2) is 0 Å². The van der Waals surface area contributed by atoms with Crippen LogP contribution in [0.5, 0.6) is 0 Å². The smallest absolute Gasteiger partial charge is 0.0226 e. The lowest BCUT2D eigenvalue weighted by Gasteiger charge is -2.23. The van der Waals surface area contributed by atoms with E-state index in [-0.39, 0.29) is 0 Å². The van der Waals surface area contributed by atoms with Gasteiger partial charge < -0.3 is 0 Å². The van der Waals surface area contributed by atoms with Crippen molar-refractivity contribution in [2.45, 2.75) is 17.4 Å². The molecular formula is C6H12S3. The van der Waals surface area contributed by atoms with Crippen molar-refractivity contribution in [1.29, 1.82) is 0 Å². The van der Waals surface area contributed by atoms with Crippen LogP contribution in [0.25, 0.3) is 0 Å². The molecule has 2 unspecified atom stereocenters. The minimum absolute atomic E-state index is 0.814. The highest BCUT2D eigenvalue weighted by Crippen LogP contribution is 2.29. The predicted octanol–water partition coefficient (Wildman–Crippen LogP) is 2.15. The largest absolute Gasteiger partial charge is 0.178 e. The minimum Gasteiger partial charge on any atom is -0.178 e. The SMILES string of the molecule is CC1CSC(CS)CS1. The molecule has 0 aromatic heterocycles. The monoisotopic (exact) mass is 180 g/mol. The number of rotatable bonds is 1. The van der Waals surface area contributed by atoms with E-state index in [0.717, 1.165) is 16.3 Å². The van der Waals surface area contributed by atoms with Crippen LogP contribution in [0.15, 0.2) is 0 Å². The van der Waals surface area contributed by atoms with Crippen LogP contribution in [-0.2, 0) is 0 Å². The molecule has 1 saturated heterocycles. The molecule has 1 heterocycles. The molecule has 9 heavy (non-hydrogen) atoms. The Kier molecular flexibility index (Phi) is 3.66. The maximum Gasteiger partial charge on any atom is 0.0226 e. The molecule has 0 spiro atoms. The van der Waals surface area contributed by atoms with Crippen LogP contribution >= 0.6 is 36.2 Å². The van der Waals surface area contributed by atoms with E-state index in [1.807, 2.05) is 0 Å². The molecule has 2 atom stereocenters. The summed E-state index contributed by atoms with van der Waals surface area (Å²) in [5, 5.41) is 1.68. The Balaban J connectivity index is 2.18. The fourth-order valence-electron chi connectivity index (χ4n) is 0.745. The Hall–Kier alpha value is 1.05. The molecule has 1 aliphatic heterocycles. The van der Waals surface area contributed by atoms with Gasteiger partial charge in [-0.15, -0.1) is 0 Å². The first-order valence-electron chi connectivity index (χ1n) is 3.17. The summed E-state index contributed by atoms with van der Waals surface area (Å²) < 4.78 is 0. The van der Waals surface area contributed by atoms with Gasteiger partial charge in [0.1, 0.15) is 0 Å². The van der Waals surface area contributed by atoms with Crippen LogP contribution in [0.2, 0.25) is 0 Å². The highest BCUT2D eigenvalue weighted by molar-refractivity contribution is 8.07. The van der Waals surface area contributed by atoms with Crippen molar-refractivity contribution in [3.63, 3.8) is 0 Å². The fraction of sp³-hybridized carbons (Fsp3) is 1.00. The summed E-state index contributed by atoms with van der Waals surface area (Å²) in [6.07, 6.45) is 0. The average molecular weight is 180 g/mol. The summed E-state index contributed by atoms with van der Waals surface area (Å²) in [5.74, 6) is 3.66. The molecule has 54 valence electrons. The van der Waals surface area contributed by atoms with Gasteiger partial charge in [0.2, 0.25) is 0 Å². The van der Waals surface area contributed by atoms with E-state index in [1.165, 1.54) is 11.5 Å². The van der Waals surface area contributed by atoms with Gasteiger partial charge in [0.25, 0.3) is 0 Å². The Bertz CT molecular complexity index is 76.4. The molecule has 0 radical (unpaired) electrons. The first-order chi connectivity index (χ1) is 4.33. The Labute approximate surface area is 71.0 Å². The zero-order chi connectivity index (χ0) is 6.69. The summed E-state index contributed by atoms with van der Waals surface area (Å²) in [7, 11) is 0. The second-order valence-electron chi connectivity index (χ2n) is 2.28. The van der Waals surface area contributed by atoms with Crippen molar-refractivity contribution in [2.75, 3.05) is 17.3 Å². The first kappa shape index (κ1) is 8.15. The maximum atomic E-state index is 4.26. The number of thiol groups is 1. The van der Waals surface area contributed by atoms with Crippen LogP contribution in [-0.4, -0.2) is 27.8 Å². The lowest BCUT2D eigenvalue weighted by atomic mass is 10.5. The lowest BCUT2D eigenvalue weighted by molar-refractivity contribution is 1.05. The molecule has 0 amide bonds. The lowest BCUT2D eigenvalue weighted by Crippen LogP contribution is -2.20. The first-order valence-corrected chi connectivity index (χ1v) is 5.90. The van der Waals surface area contributed by atoms with Crippen molar-refractivity contribution >= 4 is 36.2 Å². The van der Waals surface area contributed by atoms with Crippen LogP contribution in [0.1, 0.15) is 6.92 Å². The quantitative estimate of drug-likeness (QED) is 0.614. The van der Waals surface area contributed by atoms with Gasteiger partial charge >= 0.3 is 0 Å². The summed E-state index contributed by atoms with van der Waals surface area (Å²) >= 11 is 8.41. The highest BCUT2D eigenvalue weighted by atomic mass is 32.2. The Morgan fingerprint density at radius 2 is 2.22 bits per heavy atom. The molecule has 0 aromatic rings. The second kappa shape index (κ2) is 4.04. The van der Waals surface area contributed by atoms with E-state index in [1.54, 1.807) is 0 Å². The van der Waals surface area contributed by atoms with Crippen molar-refractivity contribution in [3.8, 4) is 0 Å². The van der Waals surface area contributed by atoms with Gasteiger partial charge in [0, 0.05) is 27.8 Å². The average Bonchev–Trinajstić information content (AvgIpc) is 1.90. The van der Waals surface area contributed by atoms with Gasteiger partial charge in [-0.25, -0.2) is 0 Å². The van der Waals surface area contributed by atoms with E-state index in [2.05, 4.69) is 43.1 Å². The molecular weight excluding hydrogens is 168 g/mol. The summed E-state index contributed by atoms with van der Waals surface area (Å²) in [6.45, 7) is 2.30. The molecule has 1 fully saturated rings. The number of hydrogen-bond donors (Lipinski definition) is 1. The molecule has 3 heteroatoms. The molecule has 1 rings (SSSR count). The normalized spacial score (nSPS) is 36.7.